The van der Waals surface area contributed by atoms with Crippen LogP contribution < -0.4 is 26.5 Å². The predicted molar refractivity (Wildman–Crippen MR) is 365 cm³/mol. The number of hydrogen-bond donors (Lipinski definition) is 8. The highest BCUT2D eigenvalue weighted by molar-refractivity contribution is 6.01. The first kappa shape index (κ1) is 70.1. The Hall–Kier alpha value is -7.35. The van der Waals surface area contributed by atoms with Crippen molar-refractivity contribution in [1.82, 2.24) is 20.5 Å². The summed E-state index contributed by atoms with van der Waals surface area (Å²) >= 11 is 0. The third kappa shape index (κ3) is 13.6. The van der Waals surface area contributed by atoms with Crippen LogP contribution in [0.5, 0.6) is 5.75 Å². The number of benzene rings is 3. The quantitative estimate of drug-likeness (QED) is 0.0506. The molecule has 3 heterocycles. The third-order valence-electron chi connectivity index (χ3n) is 24.1. The van der Waals surface area contributed by atoms with E-state index in [1.54, 1.807) is 25.3 Å². The molecule has 7 saturated carbocycles. The zero-order valence-corrected chi connectivity index (χ0v) is 57.6. The lowest BCUT2D eigenvalue weighted by molar-refractivity contribution is -0.241. The van der Waals surface area contributed by atoms with Gasteiger partial charge in [-0.1, -0.05) is 93.9 Å². The van der Waals surface area contributed by atoms with Crippen LogP contribution in [0.15, 0.2) is 101 Å². The SMILES string of the molecule is CC(C)C1CCCC2=C(c3ccc(CC(=O)NCCC(=O)Nc4cc(COC(=O)N(C)CCN(C)C(=O)O[C@H]5C[C@@]6(C)[C@@H](C[C@H]7O[C@@H](c8ccc(CC9%10CC(N)(C9)C%10)cc8)O[C@]76C(=O)CO)[C@@H]6CCC7=CC(=O)C=C[C@]7(C)[C@H]65)ccc4O[C@@H]4OC[C@@H](O)[C@H](O)[C@H]4O)cc3)NN=CC2CC1. The first-order valence-electron chi connectivity index (χ1n) is 35.5. The fraction of sp³-hybridized carbons (Fsp3) is 0.592. The van der Waals surface area contributed by atoms with Gasteiger partial charge in [-0.25, -0.2) is 9.59 Å². The third-order valence-corrected chi connectivity index (χ3v) is 24.1. The number of nitrogens with one attached hydrogen (secondary N) is 3. The van der Waals surface area contributed by atoms with Gasteiger partial charge in [-0.05, 0) is 165 Å². The second-order valence-electron chi connectivity index (χ2n) is 31.0. The van der Waals surface area contributed by atoms with Crippen LogP contribution in [-0.2, 0) is 62.3 Å². The molecule has 0 spiro atoms. The van der Waals surface area contributed by atoms with Crippen molar-refractivity contribution >= 4 is 53.2 Å². The van der Waals surface area contributed by atoms with E-state index in [9.17, 15) is 49.2 Å². The average Bonchev–Trinajstić information content (AvgIpc) is 1.60. The van der Waals surface area contributed by atoms with Crippen LogP contribution in [0.1, 0.15) is 145 Å². The van der Waals surface area contributed by atoms with Gasteiger partial charge < -0.3 is 75.0 Å². The molecule has 3 aliphatic heterocycles. The van der Waals surface area contributed by atoms with Gasteiger partial charge in [0, 0.05) is 80.1 Å². The number of ketones is 2. The molecule has 3 aromatic rings. The zero-order valence-electron chi connectivity index (χ0n) is 57.6. The highest BCUT2D eigenvalue weighted by atomic mass is 16.7. The molecule has 23 heteroatoms. The lowest BCUT2D eigenvalue weighted by atomic mass is 9.38. The van der Waals surface area contributed by atoms with E-state index in [4.69, 9.17) is 34.2 Å². The summed E-state index contributed by atoms with van der Waals surface area (Å²) in [5.74, 6) is -0.229. The molecular weight excluding hydrogens is 1270 g/mol. The van der Waals surface area contributed by atoms with E-state index in [-0.39, 0.29) is 104 Å². The highest BCUT2D eigenvalue weighted by Gasteiger charge is 2.76. The van der Waals surface area contributed by atoms with Crippen molar-refractivity contribution in [3.05, 3.63) is 124 Å². The number of rotatable bonds is 21. The minimum absolute atomic E-state index is 0.00439. The number of aliphatic hydroxyl groups is 4. The molecule has 9 N–H and O–H groups in total. The Balaban J connectivity index is 0.629. The summed E-state index contributed by atoms with van der Waals surface area (Å²) in [5, 5.41) is 52.2. The lowest BCUT2D eigenvalue weighted by Gasteiger charge is -2.69. The summed E-state index contributed by atoms with van der Waals surface area (Å²) in [6.07, 6.45) is 9.02. The first-order valence-corrected chi connectivity index (χ1v) is 35.5. The second kappa shape index (κ2) is 27.9. The molecule has 3 aromatic carbocycles. The lowest BCUT2D eigenvalue weighted by Crippen LogP contribution is -2.72. The van der Waals surface area contributed by atoms with E-state index in [1.165, 1.54) is 53.0 Å². The van der Waals surface area contributed by atoms with Gasteiger partial charge >= 0.3 is 12.2 Å². The Morgan fingerprint density at radius 1 is 0.869 bits per heavy atom. The van der Waals surface area contributed by atoms with Crippen LogP contribution in [0.3, 0.4) is 0 Å². The summed E-state index contributed by atoms with van der Waals surface area (Å²) in [6, 6.07) is 20.6. The Morgan fingerprint density at radius 3 is 2.32 bits per heavy atom. The molecular formula is C76H97N7O16. The molecule has 23 nitrogen and oxygen atoms in total. The Morgan fingerprint density at radius 2 is 1.60 bits per heavy atom. The van der Waals surface area contributed by atoms with E-state index in [2.05, 4.69) is 54.1 Å². The number of ether oxygens (including phenoxy) is 6. The van der Waals surface area contributed by atoms with Crippen LogP contribution >= 0.6 is 0 Å². The standard InChI is InChI=1S/C76H97N7O16/c1-43(2)47-8-7-9-53-50(20-19-47)36-79-81-65(53)48-15-10-44(11-16-48)31-63(89)78-27-25-62(88)80-56-30-46(14-23-58(56)96-69-67(91)66(90)57(86)39-94-69)38-95-70(92)82(5)28-29-83(6)71(93)97-59-35-73(4)55(54-22-21-51-32-52(85)24-26-72(51,3)64(54)59)33-61-76(73,60(87)37-84)99-68(98-61)49-17-12-45(13-18-49)34-74-40-75(77,41-74)42-74/h10-18,23-24,26,30,32,36,43,47,50,54-55,57,59,61,64,66-69,81,84,86,90-91H,7-9,19-22,25,27-29,31,33-35,37-42,77H2,1-6H3,(H,78,89)(H,80,88)/t47?,50?,54-,55-,57+,59-,61+,64+,66-,67+,68+,69-,72-,73-,74?,75?,76+/m0/s1. The van der Waals surface area contributed by atoms with E-state index < -0.39 is 90.0 Å². The van der Waals surface area contributed by atoms with Gasteiger partial charge in [-0.3, -0.25) is 24.6 Å². The topological polar surface area (TPSA) is 320 Å². The second-order valence-corrected chi connectivity index (χ2v) is 31.0. The minimum Gasteiger partial charge on any atom is -0.460 e. The molecule has 8 aliphatic carbocycles. The summed E-state index contributed by atoms with van der Waals surface area (Å²) in [7, 11) is 3.09. The summed E-state index contributed by atoms with van der Waals surface area (Å²) in [5.41, 5.74) is 14.4. The minimum atomic E-state index is -1.65. The summed E-state index contributed by atoms with van der Waals surface area (Å²) < 4.78 is 37.7. The summed E-state index contributed by atoms with van der Waals surface area (Å²) in [6.45, 7) is 7.36. The number of likely N-dealkylation sites (N-methyl/N-ethyl adjacent to an activating group) is 2. The van der Waals surface area contributed by atoms with Crippen LogP contribution in [0, 0.1) is 51.8 Å². The zero-order chi connectivity index (χ0) is 69.9. The monoisotopic (exact) mass is 1360 g/mol. The van der Waals surface area contributed by atoms with Gasteiger partial charge in [0.15, 0.2) is 23.5 Å². The maximum Gasteiger partial charge on any atom is 0.409 e. The van der Waals surface area contributed by atoms with Crippen molar-refractivity contribution in [2.75, 3.05) is 52.3 Å². The van der Waals surface area contributed by atoms with Crippen molar-refractivity contribution in [2.45, 2.75) is 185 Å². The van der Waals surface area contributed by atoms with Gasteiger partial charge in [0.2, 0.25) is 18.1 Å². The Bertz CT molecular complexity index is 3700. The fourth-order valence-electron chi connectivity index (χ4n) is 18.9. The first-order chi connectivity index (χ1) is 47.3. The molecule has 532 valence electrons. The predicted octanol–water partition coefficient (Wildman–Crippen LogP) is 7.72. The number of amides is 4. The summed E-state index contributed by atoms with van der Waals surface area (Å²) in [4.78, 5) is 85.2. The molecule has 0 aromatic heterocycles. The number of allylic oxidation sites excluding steroid dienone is 5. The maximum absolute atomic E-state index is 14.6. The molecule has 11 aliphatic rings. The van der Waals surface area contributed by atoms with Crippen molar-refractivity contribution in [3.8, 4) is 5.75 Å². The molecule has 14 rings (SSSR count). The van der Waals surface area contributed by atoms with Crippen LogP contribution in [0.2, 0.25) is 0 Å². The van der Waals surface area contributed by atoms with Crippen molar-refractivity contribution in [3.63, 3.8) is 0 Å². The maximum atomic E-state index is 14.6. The highest BCUT2D eigenvalue weighted by Crippen LogP contribution is 2.71. The van der Waals surface area contributed by atoms with Crippen molar-refractivity contribution in [1.29, 1.82) is 0 Å². The van der Waals surface area contributed by atoms with E-state index in [0.717, 1.165) is 78.8 Å². The molecule has 9 fully saturated rings. The van der Waals surface area contributed by atoms with E-state index in [0.29, 0.717) is 36.7 Å². The van der Waals surface area contributed by atoms with Gasteiger partial charge in [-0.15, -0.1) is 0 Å². The molecule has 0 radical (unpaired) electrons. The molecule has 2 saturated heterocycles. The molecule has 4 amide bonds. The number of carbonyl (C=O) groups excluding carboxylic acids is 6. The number of fused-ring (bicyclic) bond motifs is 8. The van der Waals surface area contributed by atoms with Crippen molar-refractivity contribution < 1.29 is 77.6 Å². The van der Waals surface area contributed by atoms with Crippen LogP contribution in [0.4, 0.5) is 15.3 Å². The fourth-order valence-corrected chi connectivity index (χ4v) is 18.9. The molecule has 2 bridgehead atoms. The van der Waals surface area contributed by atoms with Crippen LogP contribution in [-0.4, -0.2) is 167 Å². The van der Waals surface area contributed by atoms with Gasteiger partial charge in [0.1, 0.15) is 43.4 Å². The molecule has 2 unspecified atom stereocenters. The van der Waals surface area contributed by atoms with Gasteiger partial charge in [-0.2, -0.15) is 5.10 Å². The smallest absolute Gasteiger partial charge is 0.409 e. The number of Topliss-reactive ketones (excluding diaryl/α,β-unsaturated/α-hetero) is 1. The molecule has 99 heavy (non-hydrogen) atoms. The van der Waals surface area contributed by atoms with Gasteiger partial charge in [0.25, 0.3) is 0 Å². The normalized spacial score (nSPS) is 34.6. The van der Waals surface area contributed by atoms with E-state index in [1.807, 2.05) is 55.6 Å². The number of hydrogen-bond acceptors (Lipinski definition) is 19. The number of nitrogens with two attached hydrogens (primary N) is 1. The number of nitrogens with zero attached hydrogens (tertiary/aromatic N) is 3. The Labute approximate surface area is 578 Å². The number of anilines is 1. The Kier molecular flexibility index (Phi) is 19.7. The number of carbonyl (C=O) groups is 6. The van der Waals surface area contributed by atoms with Crippen molar-refractivity contribution in [2.24, 2.45) is 62.6 Å². The number of hydrazone groups is 1. The average molecular weight is 1360 g/mol. The van der Waals surface area contributed by atoms with Crippen LogP contribution in [0.25, 0.3) is 5.70 Å². The van der Waals surface area contributed by atoms with Gasteiger partial charge in [0.05, 0.1) is 30.5 Å². The number of aliphatic hydroxyl groups excluding tert-OH is 4. The largest absolute Gasteiger partial charge is 0.460 e. The molecule has 15 atom stereocenters. The van der Waals surface area contributed by atoms with E-state index >= 15 is 0 Å².